The molecule has 0 radical (unpaired) electrons. The van der Waals surface area contributed by atoms with Crippen molar-refractivity contribution in [3.05, 3.63) is 0 Å². The molecule has 0 aliphatic rings. The van der Waals surface area contributed by atoms with Gasteiger partial charge in [-0.2, -0.15) is 0 Å². The summed E-state index contributed by atoms with van der Waals surface area (Å²) in [5.74, 6) is -5.08. The van der Waals surface area contributed by atoms with Crippen LogP contribution in [0.15, 0.2) is 0 Å². The number of rotatable bonds is 4. The molecule has 0 N–H and O–H groups in total. The predicted octanol–water partition coefficient (Wildman–Crippen LogP) is -0.844. The van der Waals surface area contributed by atoms with Crippen molar-refractivity contribution in [1.82, 2.24) is 0 Å². The van der Waals surface area contributed by atoms with Crippen LogP contribution < -0.4 is 0 Å². The van der Waals surface area contributed by atoms with Gasteiger partial charge in [-0.1, -0.05) is 6.92 Å². The van der Waals surface area contributed by atoms with Crippen LogP contribution in [0.3, 0.4) is 0 Å². The average Bonchev–Trinajstić information content (AvgIpc) is 2.34. The van der Waals surface area contributed by atoms with E-state index in [1.807, 2.05) is 0 Å². The predicted molar refractivity (Wildman–Crippen MR) is 50.3 cm³/mol. The maximum atomic E-state index is 10.9. The first-order chi connectivity index (χ1) is 8.02. The van der Waals surface area contributed by atoms with Gasteiger partial charge in [0.1, 0.15) is 0 Å². The van der Waals surface area contributed by atoms with Crippen LogP contribution in [0.4, 0.5) is 0 Å². The van der Waals surface area contributed by atoms with E-state index < -0.39 is 30.7 Å². The maximum absolute atomic E-state index is 10.9. The molecule has 8 heteroatoms. The fourth-order valence-electron chi connectivity index (χ4n) is 0.591. The summed E-state index contributed by atoms with van der Waals surface area (Å²) in [5.41, 5.74) is 0. The second kappa shape index (κ2) is 8.08. The fraction of sp³-hybridized carbons (Fsp3) is 0.556. The van der Waals surface area contributed by atoms with Crippen LogP contribution in [0.25, 0.3) is 0 Å². The molecule has 0 unspecified atom stereocenters. The topological polar surface area (TPSA) is 105 Å². The van der Waals surface area contributed by atoms with E-state index in [1.54, 1.807) is 6.92 Å². The summed E-state index contributed by atoms with van der Waals surface area (Å²) in [5, 5.41) is 0. The molecule has 0 atom stereocenters. The van der Waals surface area contributed by atoms with Crippen LogP contribution in [0.1, 0.15) is 13.3 Å². The molecule has 8 nitrogen and oxygen atoms in total. The summed E-state index contributed by atoms with van der Waals surface area (Å²) in [4.78, 5) is 42.9. The van der Waals surface area contributed by atoms with Gasteiger partial charge in [-0.3, -0.25) is 0 Å². The molecule has 0 rings (SSSR count). The molecule has 0 bridgehead atoms. The van der Waals surface area contributed by atoms with E-state index in [0.717, 1.165) is 7.11 Å². The molecular formula is C9H12O8. The zero-order valence-electron chi connectivity index (χ0n) is 9.39. The molecule has 0 heterocycles. The lowest BCUT2D eigenvalue weighted by atomic mass is 10.5. The molecule has 0 aromatic carbocycles. The number of hydrogen-bond donors (Lipinski definition) is 0. The number of carbonyl (C=O) groups is 4. The van der Waals surface area contributed by atoms with E-state index in [2.05, 4.69) is 18.9 Å². The quantitative estimate of drug-likeness (QED) is 0.274. The van der Waals surface area contributed by atoms with E-state index in [1.165, 1.54) is 0 Å². The van der Waals surface area contributed by atoms with Gasteiger partial charge in [0, 0.05) is 0 Å². The van der Waals surface area contributed by atoms with Gasteiger partial charge < -0.3 is 18.9 Å². The highest BCUT2D eigenvalue weighted by Gasteiger charge is 2.20. The minimum absolute atomic E-state index is 0.0792. The third-order valence-electron chi connectivity index (χ3n) is 1.34. The van der Waals surface area contributed by atoms with Crippen molar-refractivity contribution in [2.24, 2.45) is 0 Å². The Kier molecular flexibility index (Phi) is 7.07. The van der Waals surface area contributed by atoms with Crippen molar-refractivity contribution in [2.45, 2.75) is 13.3 Å². The monoisotopic (exact) mass is 248 g/mol. The van der Waals surface area contributed by atoms with Gasteiger partial charge in [-0.15, -0.1) is 0 Å². The van der Waals surface area contributed by atoms with Crippen molar-refractivity contribution < 1.29 is 38.1 Å². The third kappa shape index (κ3) is 6.13. The molecule has 0 saturated heterocycles. The van der Waals surface area contributed by atoms with Crippen molar-refractivity contribution >= 4 is 23.9 Å². The maximum Gasteiger partial charge on any atom is 0.420 e. The Labute approximate surface area is 96.8 Å². The van der Waals surface area contributed by atoms with Gasteiger partial charge in [0.2, 0.25) is 6.79 Å². The number of methoxy groups -OCH3 is 1. The number of hydrogen-bond acceptors (Lipinski definition) is 8. The highest BCUT2D eigenvalue weighted by Crippen LogP contribution is 1.89. The molecule has 0 aromatic heterocycles. The van der Waals surface area contributed by atoms with Crippen molar-refractivity contribution in [2.75, 3.05) is 20.5 Å². The molecule has 0 saturated carbocycles. The van der Waals surface area contributed by atoms with Crippen LogP contribution in [-0.2, 0) is 38.1 Å². The highest BCUT2D eigenvalue weighted by molar-refractivity contribution is 6.30. The van der Waals surface area contributed by atoms with E-state index in [0.29, 0.717) is 6.42 Å². The molecule has 0 spiro atoms. The molecule has 0 aliphatic carbocycles. The molecular weight excluding hydrogens is 236 g/mol. The molecule has 0 aromatic rings. The molecule has 0 amide bonds. The van der Waals surface area contributed by atoms with Crippen LogP contribution in [0, 0.1) is 0 Å². The van der Waals surface area contributed by atoms with E-state index >= 15 is 0 Å². The second-order valence-electron chi connectivity index (χ2n) is 2.61. The summed E-state index contributed by atoms with van der Waals surface area (Å²) in [6.07, 6.45) is 0.552. The average molecular weight is 248 g/mol. The van der Waals surface area contributed by atoms with E-state index in [-0.39, 0.29) is 6.61 Å². The summed E-state index contributed by atoms with van der Waals surface area (Å²) in [7, 11) is 0.984. The van der Waals surface area contributed by atoms with Gasteiger partial charge in [0.15, 0.2) is 0 Å². The number of ether oxygens (including phenoxy) is 4. The Morgan fingerprint density at radius 2 is 1.29 bits per heavy atom. The zero-order chi connectivity index (χ0) is 13.3. The lowest BCUT2D eigenvalue weighted by Crippen LogP contribution is -2.25. The molecule has 96 valence electrons. The summed E-state index contributed by atoms with van der Waals surface area (Å²) < 4.78 is 16.8. The third-order valence-corrected chi connectivity index (χ3v) is 1.34. The normalized spacial score (nSPS) is 9.06. The van der Waals surface area contributed by atoms with Crippen LogP contribution >= 0.6 is 0 Å². The summed E-state index contributed by atoms with van der Waals surface area (Å²) >= 11 is 0. The Morgan fingerprint density at radius 3 is 1.76 bits per heavy atom. The minimum atomic E-state index is -1.33. The lowest BCUT2D eigenvalue weighted by molar-refractivity contribution is -0.183. The minimum Gasteiger partial charge on any atom is -0.461 e. The van der Waals surface area contributed by atoms with Crippen LogP contribution in [0.2, 0.25) is 0 Å². The Morgan fingerprint density at radius 1 is 0.824 bits per heavy atom. The van der Waals surface area contributed by atoms with Crippen molar-refractivity contribution in [3.8, 4) is 0 Å². The Balaban J connectivity index is 3.81. The van der Waals surface area contributed by atoms with Gasteiger partial charge in [-0.05, 0) is 6.42 Å². The van der Waals surface area contributed by atoms with Crippen LogP contribution in [0.5, 0.6) is 0 Å². The van der Waals surface area contributed by atoms with E-state index in [9.17, 15) is 19.2 Å². The summed E-state index contributed by atoms with van der Waals surface area (Å²) in [6.45, 7) is 0.959. The Bertz CT molecular complexity index is 308. The summed E-state index contributed by atoms with van der Waals surface area (Å²) in [6, 6.07) is 0. The molecule has 17 heavy (non-hydrogen) atoms. The van der Waals surface area contributed by atoms with Crippen molar-refractivity contribution in [3.63, 3.8) is 0 Å². The zero-order valence-corrected chi connectivity index (χ0v) is 9.39. The number of carbonyl (C=O) groups excluding carboxylic acids is 4. The smallest absolute Gasteiger partial charge is 0.420 e. The first-order valence-electron chi connectivity index (χ1n) is 4.61. The highest BCUT2D eigenvalue weighted by atomic mass is 16.7. The Hall–Kier alpha value is -2.12. The van der Waals surface area contributed by atoms with E-state index in [4.69, 9.17) is 0 Å². The largest absolute Gasteiger partial charge is 0.461 e. The number of esters is 4. The first-order valence-corrected chi connectivity index (χ1v) is 4.61. The fourth-order valence-corrected chi connectivity index (χ4v) is 0.591. The van der Waals surface area contributed by atoms with Gasteiger partial charge in [0.25, 0.3) is 0 Å². The second-order valence-corrected chi connectivity index (χ2v) is 2.61. The molecule has 0 fully saturated rings. The van der Waals surface area contributed by atoms with Gasteiger partial charge in [-0.25, -0.2) is 19.2 Å². The van der Waals surface area contributed by atoms with Crippen LogP contribution in [-0.4, -0.2) is 44.4 Å². The molecule has 0 aliphatic heterocycles. The van der Waals surface area contributed by atoms with Gasteiger partial charge >= 0.3 is 23.9 Å². The first kappa shape index (κ1) is 14.9. The van der Waals surface area contributed by atoms with Crippen molar-refractivity contribution in [1.29, 1.82) is 0 Å². The SMILES string of the molecule is CCCOC(=O)C(=O)OCOC(=O)C(=O)OC. The van der Waals surface area contributed by atoms with Gasteiger partial charge in [0.05, 0.1) is 13.7 Å². The lowest BCUT2D eigenvalue weighted by Gasteiger charge is -2.04. The standard InChI is InChI=1S/C9H12O8/c1-3-4-15-8(12)9(13)17-5-16-7(11)6(10)14-2/h3-5H2,1-2H3.